The maximum absolute atomic E-state index is 13.0. The normalized spacial score (nSPS) is 10.8. The number of halogens is 1. The summed E-state index contributed by atoms with van der Waals surface area (Å²) >= 11 is 7.59. The smallest absolute Gasteiger partial charge is 0.413 e. The molecule has 0 saturated carbocycles. The predicted molar refractivity (Wildman–Crippen MR) is 122 cm³/mol. The summed E-state index contributed by atoms with van der Waals surface area (Å²) in [5, 5.41) is 10.8. The first-order valence-electron chi connectivity index (χ1n) is 9.39. The van der Waals surface area contributed by atoms with E-state index in [1.807, 2.05) is 18.2 Å². The summed E-state index contributed by atoms with van der Waals surface area (Å²) in [6.45, 7) is 2.00. The highest BCUT2D eigenvalue weighted by molar-refractivity contribution is 7.22. The number of carbonyl (C=O) groups is 2. The molecule has 2 amide bonds. The number of fused-ring (bicyclic) bond motifs is 1. The number of ether oxygens (including phenoxy) is 1. The molecular formula is C21H18ClN5O3S. The summed E-state index contributed by atoms with van der Waals surface area (Å²) < 4.78 is 7.25. The SMILES string of the molecule is CCOC(=O)Nc1nc2ccc(NC(=O)c3cn(C)nc3-c3ccccc3Cl)cc2s1. The Kier molecular flexibility index (Phi) is 5.88. The molecule has 8 nitrogen and oxygen atoms in total. The zero-order valence-electron chi connectivity index (χ0n) is 16.7. The lowest BCUT2D eigenvalue weighted by molar-refractivity contribution is 0.102. The third kappa shape index (κ3) is 4.52. The van der Waals surface area contributed by atoms with Crippen molar-refractivity contribution in [3.05, 3.63) is 59.2 Å². The summed E-state index contributed by atoms with van der Waals surface area (Å²) in [6.07, 6.45) is 1.10. The number of aryl methyl sites for hydroxylation is 1. The van der Waals surface area contributed by atoms with Crippen molar-refractivity contribution in [1.29, 1.82) is 0 Å². The first kappa shape index (κ1) is 20.8. The van der Waals surface area contributed by atoms with Gasteiger partial charge in [-0.1, -0.05) is 41.1 Å². The van der Waals surface area contributed by atoms with Crippen LogP contribution in [0.1, 0.15) is 17.3 Å². The molecule has 158 valence electrons. The quantitative estimate of drug-likeness (QED) is 0.432. The van der Waals surface area contributed by atoms with Crippen LogP contribution < -0.4 is 10.6 Å². The second-order valence-corrected chi connectivity index (χ2v) is 7.98. The Morgan fingerprint density at radius 3 is 2.77 bits per heavy atom. The Morgan fingerprint density at radius 2 is 2.00 bits per heavy atom. The van der Waals surface area contributed by atoms with E-state index in [4.69, 9.17) is 16.3 Å². The van der Waals surface area contributed by atoms with Crippen LogP contribution in [0.15, 0.2) is 48.7 Å². The minimum atomic E-state index is -0.557. The van der Waals surface area contributed by atoms with E-state index in [9.17, 15) is 9.59 Å². The second-order valence-electron chi connectivity index (χ2n) is 6.55. The molecule has 0 unspecified atom stereocenters. The lowest BCUT2D eigenvalue weighted by atomic mass is 10.1. The monoisotopic (exact) mass is 455 g/mol. The van der Waals surface area contributed by atoms with E-state index in [-0.39, 0.29) is 12.5 Å². The van der Waals surface area contributed by atoms with E-state index in [1.165, 1.54) is 11.3 Å². The van der Waals surface area contributed by atoms with Crippen molar-refractivity contribution in [2.45, 2.75) is 6.92 Å². The molecule has 0 radical (unpaired) electrons. The van der Waals surface area contributed by atoms with Crippen LogP contribution in [0.3, 0.4) is 0 Å². The van der Waals surface area contributed by atoms with E-state index in [1.54, 1.807) is 49.1 Å². The molecule has 0 aliphatic carbocycles. The van der Waals surface area contributed by atoms with E-state index in [0.717, 1.165) is 4.70 Å². The molecule has 0 aliphatic heterocycles. The molecular weight excluding hydrogens is 438 g/mol. The van der Waals surface area contributed by atoms with Crippen molar-refractivity contribution in [3.63, 3.8) is 0 Å². The zero-order chi connectivity index (χ0) is 22.0. The van der Waals surface area contributed by atoms with E-state index < -0.39 is 6.09 Å². The summed E-state index contributed by atoms with van der Waals surface area (Å²) in [4.78, 5) is 28.9. The van der Waals surface area contributed by atoms with Crippen LogP contribution in [0.5, 0.6) is 0 Å². The van der Waals surface area contributed by atoms with Crippen molar-refractivity contribution in [2.24, 2.45) is 7.05 Å². The largest absolute Gasteiger partial charge is 0.450 e. The maximum Gasteiger partial charge on any atom is 0.413 e. The van der Waals surface area contributed by atoms with Crippen molar-refractivity contribution in [1.82, 2.24) is 14.8 Å². The van der Waals surface area contributed by atoms with Crippen LogP contribution in [0, 0.1) is 0 Å². The molecule has 0 aliphatic rings. The maximum atomic E-state index is 13.0. The van der Waals surface area contributed by atoms with Gasteiger partial charge in [-0.25, -0.2) is 9.78 Å². The molecule has 2 aromatic carbocycles. The fraction of sp³-hybridized carbons (Fsp3) is 0.143. The number of hydrogen-bond acceptors (Lipinski definition) is 6. The molecule has 0 bridgehead atoms. The number of rotatable bonds is 5. The molecule has 0 fully saturated rings. The van der Waals surface area contributed by atoms with Crippen molar-refractivity contribution in [3.8, 4) is 11.3 Å². The summed E-state index contributed by atoms with van der Waals surface area (Å²) in [7, 11) is 1.75. The predicted octanol–water partition coefficient (Wildman–Crippen LogP) is 5.17. The lowest BCUT2D eigenvalue weighted by Gasteiger charge is -2.06. The van der Waals surface area contributed by atoms with Crippen LogP contribution in [0.2, 0.25) is 5.02 Å². The molecule has 0 saturated heterocycles. The van der Waals surface area contributed by atoms with E-state index in [0.29, 0.717) is 38.2 Å². The summed E-state index contributed by atoms with van der Waals surface area (Å²) in [6, 6.07) is 12.6. The van der Waals surface area contributed by atoms with Gasteiger partial charge in [0, 0.05) is 24.5 Å². The summed E-state index contributed by atoms with van der Waals surface area (Å²) in [5.74, 6) is -0.309. The zero-order valence-corrected chi connectivity index (χ0v) is 18.3. The number of amides is 2. The van der Waals surface area contributed by atoms with Crippen LogP contribution >= 0.6 is 22.9 Å². The number of carbonyl (C=O) groups excluding carboxylic acids is 2. The van der Waals surface area contributed by atoms with Gasteiger partial charge in [0.2, 0.25) is 0 Å². The second kappa shape index (κ2) is 8.75. The van der Waals surface area contributed by atoms with Gasteiger partial charge in [0.1, 0.15) is 5.69 Å². The fourth-order valence-corrected chi connectivity index (χ4v) is 4.13. The van der Waals surface area contributed by atoms with Crippen LogP contribution in [0.25, 0.3) is 21.5 Å². The minimum absolute atomic E-state index is 0.275. The van der Waals surface area contributed by atoms with Crippen LogP contribution in [-0.2, 0) is 11.8 Å². The summed E-state index contributed by atoms with van der Waals surface area (Å²) in [5.41, 5.74) is 2.89. The average molecular weight is 456 g/mol. The van der Waals surface area contributed by atoms with Gasteiger partial charge in [-0.05, 0) is 31.2 Å². The van der Waals surface area contributed by atoms with Crippen LogP contribution in [-0.4, -0.2) is 33.4 Å². The number of nitrogens with one attached hydrogen (secondary N) is 2. The van der Waals surface area contributed by atoms with Gasteiger partial charge in [0.05, 0.1) is 27.4 Å². The molecule has 4 aromatic rings. The Hall–Kier alpha value is -3.43. The topological polar surface area (TPSA) is 98.1 Å². The molecule has 4 rings (SSSR count). The first-order chi connectivity index (χ1) is 14.9. The van der Waals surface area contributed by atoms with E-state index in [2.05, 4.69) is 20.7 Å². The molecule has 0 spiro atoms. The van der Waals surface area contributed by atoms with Gasteiger partial charge >= 0.3 is 6.09 Å². The highest BCUT2D eigenvalue weighted by Gasteiger charge is 2.19. The highest BCUT2D eigenvalue weighted by Crippen LogP contribution is 2.31. The highest BCUT2D eigenvalue weighted by atomic mass is 35.5. The lowest BCUT2D eigenvalue weighted by Crippen LogP contribution is -2.12. The molecule has 10 heteroatoms. The number of benzene rings is 2. The molecule has 2 heterocycles. The van der Waals surface area contributed by atoms with Gasteiger partial charge in [0.25, 0.3) is 5.91 Å². The number of nitrogens with zero attached hydrogens (tertiary/aromatic N) is 3. The van der Waals surface area contributed by atoms with Gasteiger partial charge in [0.15, 0.2) is 5.13 Å². The van der Waals surface area contributed by atoms with Gasteiger partial charge in [-0.3, -0.25) is 14.8 Å². The van der Waals surface area contributed by atoms with Gasteiger partial charge in [-0.2, -0.15) is 5.10 Å². The Labute approximate surface area is 186 Å². The van der Waals surface area contributed by atoms with Gasteiger partial charge < -0.3 is 10.1 Å². The Balaban J connectivity index is 1.58. The number of hydrogen-bond donors (Lipinski definition) is 2. The molecule has 31 heavy (non-hydrogen) atoms. The average Bonchev–Trinajstić information content (AvgIpc) is 3.30. The number of thiazole rings is 1. The van der Waals surface area contributed by atoms with E-state index >= 15 is 0 Å². The fourth-order valence-electron chi connectivity index (χ4n) is 3.02. The molecule has 2 aromatic heterocycles. The van der Waals surface area contributed by atoms with Crippen LogP contribution in [0.4, 0.5) is 15.6 Å². The first-order valence-corrected chi connectivity index (χ1v) is 10.6. The Morgan fingerprint density at radius 1 is 1.19 bits per heavy atom. The standard InChI is InChI=1S/C21H18ClN5O3S/c1-3-30-21(29)25-20-24-16-9-8-12(10-17(16)31-20)23-19(28)14-11-27(2)26-18(14)13-6-4-5-7-15(13)22/h4-11H,3H2,1-2H3,(H,23,28)(H,24,25,29). The number of aromatic nitrogens is 3. The minimum Gasteiger partial charge on any atom is -0.450 e. The van der Waals surface area contributed by atoms with Gasteiger partial charge in [-0.15, -0.1) is 0 Å². The molecule has 2 N–H and O–H groups in total. The number of anilines is 2. The third-order valence-electron chi connectivity index (χ3n) is 4.33. The van der Waals surface area contributed by atoms with Crippen molar-refractivity contribution >= 4 is 56.0 Å². The van der Waals surface area contributed by atoms with Crippen molar-refractivity contribution in [2.75, 3.05) is 17.2 Å². The Bertz CT molecular complexity index is 1280. The molecule has 0 atom stereocenters. The van der Waals surface area contributed by atoms with Crippen molar-refractivity contribution < 1.29 is 14.3 Å². The third-order valence-corrected chi connectivity index (χ3v) is 5.60.